The molecule has 0 radical (unpaired) electrons. The van der Waals surface area contributed by atoms with E-state index in [1.807, 2.05) is 0 Å². The number of phenols is 1. The summed E-state index contributed by atoms with van der Waals surface area (Å²) in [6.45, 7) is 0.0341. The molecule has 0 fully saturated rings. The number of aromatic hydroxyl groups is 1. The number of phenolic OH excluding ortho intramolecular Hbond substituents is 1. The molecule has 1 aliphatic rings. The van der Waals surface area contributed by atoms with Crippen molar-refractivity contribution >= 4 is 23.2 Å². The first-order valence-corrected chi connectivity index (χ1v) is 6.70. The molecule has 6 heteroatoms. The number of primary amides is 1. The zero-order chi connectivity index (χ0) is 15.0. The van der Waals surface area contributed by atoms with E-state index in [1.165, 1.54) is 12.1 Å². The Labute approximate surface area is 126 Å². The van der Waals surface area contributed by atoms with Crippen LogP contribution in [0.5, 0.6) is 11.5 Å². The van der Waals surface area contributed by atoms with Crippen molar-refractivity contribution in [2.24, 2.45) is 5.73 Å². The maximum Gasteiger partial charge on any atom is 0.251 e. The first kappa shape index (κ1) is 13.6. The van der Waals surface area contributed by atoms with Gasteiger partial charge < -0.3 is 20.9 Å². The molecule has 3 rings (SSSR count). The summed E-state index contributed by atoms with van der Waals surface area (Å²) in [7, 11) is 0. The van der Waals surface area contributed by atoms with Crippen LogP contribution < -0.4 is 15.8 Å². The number of benzene rings is 2. The van der Waals surface area contributed by atoms with Crippen LogP contribution in [0.4, 0.5) is 5.69 Å². The second kappa shape index (κ2) is 4.86. The highest BCUT2D eigenvalue weighted by molar-refractivity contribution is 6.33. The number of halogens is 1. The highest BCUT2D eigenvalue weighted by atomic mass is 35.5. The highest BCUT2D eigenvalue weighted by Gasteiger charge is 2.46. The molecule has 21 heavy (non-hydrogen) atoms. The minimum Gasteiger partial charge on any atom is -0.508 e. The van der Waals surface area contributed by atoms with Gasteiger partial charge in [-0.2, -0.15) is 0 Å². The number of hydrogen-bond donors (Lipinski definition) is 3. The molecule has 1 atom stereocenters. The van der Waals surface area contributed by atoms with E-state index in [9.17, 15) is 9.90 Å². The lowest BCUT2D eigenvalue weighted by molar-refractivity contribution is -0.122. The number of nitrogens with one attached hydrogen (secondary N) is 1. The third kappa shape index (κ3) is 2.15. The van der Waals surface area contributed by atoms with E-state index in [2.05, 4.69) is 5.32 Å². The van der Waals surface area contributed by atoms with Crippen molar-refractivity contribution in [2.75, 3.05) is 11.9 Å². The summed E-state index contributed by atoms with van der Waals surface area (Å²) >= 11 is 6.13. The van der Waals surface area contributed by atoms with Gasteiger partial charge in [0.05, 0.1) is 10.7 Å². The fourth-order valence-corrected chi connectivity index (χ4v) is 2.59. The van der Waals surface area contributed by atoms with Gasteiger partial charge in [0.2, 0.25) is 0 Å². The van der Waals surface area contributed by atoms with E-state index >= 15 is 0 Å². The molecule has 0 aliphatic carbocycles. The molecule has 0 saturated carbocycles. The van der Waals surface area contributed by atoms with E-state index in [-0.39, 0.29) is 12.4 Å². The molecule has 5 nitrogen and oxygen atoms in total. The van der Waals surface area contributed by atoms with Crippen LogP contribution >= 0.6 is 11.6 Å². The van der Waals surface area contributed by atoms with Gasteiger partial charge in [0.1, 0.15) is 18.1 Å². The number of nitrogens with two attached hydrogens (primary N) is 1. The third-order valence-electron chi connectivity index (χ3n) is 3.51. The van der Waals surface area contributed by atoms with E-state index in [4.69, 9.17) is 22.1 Å². The first-order chi connectivity index (χ1) is 10.0. The minimum absolute atomic E-state index is 0.0341. The fourth-order valence-electron chi connectivity index (χ4n) is 2.41. The maximum absolute atomic E-state index is 12.1. The van der Waals surface area contributed by atoms with Gasteiger partial charge in [-0.3, -0.25) is 4.79 Å². The molecule has 2 aromatic carbocycles. The van der Waals surface area contributed by atoms with Crippen molar-refractivity contribution in [3.63, 3.8) is 0 Å². The number of hydrogen-bond acceptors (Lipinski definition) is 4. The second-order valence-electron chi connectivity index (χ2n) is 4.84. The molecule has 1 amide bonds. The Hall–Kier alpha value is -2.40. The van der Waals surface area contributed by atoms with Crippen molar-refractivity contribution in [2.45, 2.75) is 5.54 Å². The topological polar surface area (TPSA) is 84.6 Å². The van der Waals surface area contributed by atoms with Gasteiger partial charge in [-0.05, 0) is 24.3 Å². The molecule has 4 N–H and O–H groups in total. The second-order valence-corrected chi connectivity index (χ2v) is 5.25. The zero-order valence-electron chi connectivity index (χ0n) is 11.0. The number of rotatable bonds is 3. The summed E-state index contributed by atoms with van der Waals surface area (Å²) in [5.74, 6) is -0.0908. The maximum atomic E-state index is 12.1. The molecule has 1 aliphatic heterocycles. The van der Waals surface area contributed by atoms with Gasteiger partial charge >= 0.3 is 0 Å². The van der Waals surface area contributed by atoms with Gasteiger partial charge in [-0.1, -0.05) is 23.7 Å². The highest BCUT2D eigenvalue weighted by Crippen LogP contribution is 2.42. The van der Waals surface area contributed by atoms with E-state index < -0.39 is 11.4 Å². The van der Waals surface area contributed by atoms with Gasteiger partial charge in [0, 0.05) is 11.6 Å². The number of anilines is 1. The Morgan fingerprint density at radius 3 is 2.81 bits per heavy atom. The lowest BCUT2D eigenvalue weighted by Gasteiger charge is -2.27. The summed E-state index contributed by atoms with van der Waals surface area (Å²) in [6.07, 6.45) is 0. The zero-order valence-corrected chi connectivity index (χ0v) is 11.7. The van der Waals surface area contributed by atoms with Crippen LogP contribution in [0.2, 0.25) is 5.02 Å². The third-order valence-corrected chi connectivity index (χ3v) is 3.84. The number of fused-ring (bicyclic) bond motifs is 1. The van der Waals surface area contributed by atoms with E-state index in [1.54, 1.807) is 30.3 Å². The van der Waals surface area contributed by atoms with Crippen LogP contribution in [0.15, 0.2) is 42.5 Å². The lowest BCUT2D eigenvalue weighted by Crippen LogP contribution is -2.49. The van der Waals surface area contributed by atoms with Crippen LogP contribution in [-0.4, -0.2) is 17.6 Å². The van der Waals surface area contributed by atoms with Crippen molar-refractivity contribution in [1.82, 2.24) is 0 Å². The van der Waals surface area contributed by atoms with Crippen LogP contribution in [0.3, 0.4) is 0 Å². The van der Waals surface area contributed by atoms with Crippen molar-refractivity contribution in [3.8, 4) is 11.5 Å². The Morgan fingerprint density at radius 1 is 1.33 bits per heavy atom. The Morgan fingerprint density at radius 2 is 2.10 bits per heavy atom. The standard InChI is InChI=1S/C15H13ClN2O3/c16-11-3-1-2-4-12(11)18-15(14(17)20)8-21-13-7-9(19)5-6-10(13)15/h1-7,18-19H,8H2,(H2,17,20). The largest absolute Gasteiger partial charge is 0.508 e. The molecule has 0 spiro atoms. The Balaban J connectivity index is 2.08. The molecule has 0 bridgehead atoms. The van der Waals surface area contributed by atoms with E-state index in [0.29, 0.717) is 22.0 Å². The number of carbonyl (C=O) groups is 1. The normalized spacial score (nSPS) is 19.7. The predicted octanol–water partition coefficient (Wildman–Crippen LogP) is 2.23. The van der Waals surface area contributed by atoms with Crippen LogP contribution in [0.1, 0.15) is 5.56 Å². The van der Waals surface area contributed by atoms with Crippen LogP contribution in [0.25, 0.3) is 0 Å². The average molecular weight is 305 g/mol. The molecular weight excluding hydrogens is 292 g/mol. The van der Waals surface area contributed by atoms with Crippen molar-refractivity contribution < 1.29 is 14.6 Å². The smallest absolute Gasteiger partial charge is 0.251 e. The summed E-state index contributed by atoms with van der Waals surface area (Å²) in [5.41, 5.74) is 5.54. The molecular formula is C15H13ClN2O3. The average Bonchev–Trinajstić information content (AvgIpc) is 2.81. The summed E-state index contributed by atoms with van der Waals surface area (Å²) < 4.78 is 5.50. The minimum atomic E-state index is -1.21. The Kier molecular flexibility index (Phi) is 3.14. The molecule has 2 aromatic rings. The van der Waals surface area contributed by atoms with Gasteiger partial charge in [-0.25, -0.2) is 0 Å². The number of amides is 1. The fraction of sp³-hybridized carbons (Fsp3) is 0.133. The molecule has 108 valence electrons. The lowest BCUT2D eigenvalue weighted by atomic mass is 9.90. The summed E-state index contributed by atoms with van der Waals surface area (Å²) in [5, 5.41) is 13.1. The van der Waals surface area contributed by atoms with Crippen molar-refractivity contribution in [3.05, 3.63) is 53.1 Å². The monoisotopic (exact) mass is 304 g/mol. The van der Waals surface area contributed by atoms with Crippen molar-refractivity contribution in [1.29, 1.82) is 0 Å². The number of carbonyl (C=O) groups excluding carboxylic acids is 1. The van der Waals surface area contributed by atoms with E-state index in [0.717, 1.165) is 0 Å². The number of ether oxygens (including phenoxy) is 1. The summed E-state index contributed by atoms with van der Waals surface area (Å²) in [4.78, 5) is 12.1. The SMILES string of the molecule is NC(=O)C1(Nc2ccccc2Cl)COc2cc(O)ccc21. The molecule has 0 aromatic heterocycles. The van der Waals surface area contributed by atoms with Crippen LogP contribution in [-0.2, 0) is 10.3 Å². The van der Waals surface area contributed by atoms with Gasteiger partial charge in [-0.15, -0.1) is 0 Å². The van der Waals surface area contributed by atoms with Crippen LogP contribution in [0, 0.1) is 0 Å². The molecule has 0 saturated heterocycles. The first-order valence-electron chi connectivity index (χ1n) is 6.32. The quantitative estimate of drug-likeness (QED) is 0.812. The summed E-state index contributed by atoms with van der Waals surface area (Å²) in [6, 6.07) is 11.6. The molecule has 1 heterocycles. The van der Waals surface area contributed by atoms with Gasteiger partial charge in [0.25, 0.3) is 5.91 Å². The molecule has 1 unspecified atom stereocenters. The Bertz CT molecular complexity index is 720. The van der Waals surface area contributed by atoms with Gasteiger partial charge in [0.15, 0.2) is 5.54 Å². The predicted molar refractivity (Wildman–Crippen MR) is 79.5 cm³/mol. The number of para-hydroxylation sites is 1.